The highest BCUT2D eigenvalue weighted by molar-refractivity contribution is 5.85. The first kappa shape index (κ1) is 21.5. The lowest BCUT2D eigenvalue weighted by atomic mass is 9.98. The van der Waals surface area contributed by atoms with Gasteiger partial charge in [-0.1, -0.05) is 53.6 Å². The first-order chi connectivity index (χ1) is 16.4. The molecule has 0 spiro atoms. The Balaban J connectivity index is 1.63. The Labute approximate surface area is 196 Å². The lowest BCUT2D eigenvalue weighted by Crippen LogP contribution is -2.12. The summed E-state index contributed by atoms with van der Waals surface area (Å²) < 4.78 is 11.9. The predicted molar refractivity (Wildman–Crippen MR) is 134 cm³/mol. The third-order valence-corrected chi connectivity index (χ3v) is 5.86. The van der Waals surface area contributed by atoms with E-state index in [2.05, 4.69) is 15.5 Å². The number of nitrogens with one attached hydrogen (secondary N) is 1. The average molecular weight is 453 g/mol. The van der Waals surface area contributed by atoms with Gasteiger partial charge in [-0.3, -0.25) is 4.79 Å². The smallest absolute Gasteiger partial charge is 0.313 e. The molecule has 2 aromatic heterocycles. The molecule has 5 rings (SSSR count). The Kier molecular flexibility index (Phi) is 5.37. The second kappa shape index (κ2) is 8.51. The number of fused-ring (bicyclic) bond motifs is 1. The number of nitrogens with two attached hydrogens (primary N) is 1. The maximum absolute atomic E-state index is 13.3. The van der Waals surface area contributed by atoms with Crippen molar-refractivity contribution >= 4 is 22.7 Å². The van der Waals surface area contributed by atoms with Gasteiger partial charge >= 0.3 is 6.01 Å². The summed E-state index contributed by atoms with van der Waals surface area (Å²) in [5.74, 6) is 0.910. The van der Waals surface area contributed by atoms with Gasteiger partial charge in [0.05, 0.1) is 17.0 Å². The fourth-order valence-corrected chi connectivity index (χ4v) is 4.20. The monoisotopic (exact) mass is 452 g/mol. The molecule has 2 heterocycles. The van der Waals surface area contributed by atoms with E-state index in [1.54, 1.807) is 0 Å². The van der Waals surface area contributed by atoms with Gasteiger partial charge in [0.15, 0.2) is 5.43 Å². The summed E-state index contributed by atoms with van der Waals surface area (Å²) in [6, 6.07) is 21.0. The molecule has 0 aliphatic heterocycles. The second-order valence-corrected chi connectivity index (χ2v) is 8.34. The number of rotatable bonds is 5. The maximum Gasteiger partial charge on any atom is 0.313 e. The number of nitrogen functional groups attached to an aromatic ring is 1. The predicted octanol–water partition coefficient (Wildman–Crippen LogP) is 5.88. The zero-order chi connectivity index (χ0) is 23.8. The van der Waals surface area contributed by atoms with Crippen molar-refractivity contribution in [3.05, 3.63) is 93.6 Å². The van der Waals surface area contributed by atoms with Crippen molar-refractivity contribution in [3.63, 3.8) is 0 Å². The first-order valence-electron chi connectivity index (χ1n) is 11.0. The molecule has 0 saturated carbocycles. The van der Waals surface area contributed by atoms with Gasteiger partial charge in [0.25, 0.3) is 5.89 Å². The summed E-state index contributed by atoms with van der Waals surface area (Å²) in [6.07, 6.45) is 0. The summed E-state index contributed by atoms with van der Waals surface area (Å²) in [6.45, 7) is 5.81. The van der Waals surface area contributed by atoms with Crippen LogP contribution in [0.25, 0.3) is 33.7 Å². The molecule has 0 amide bonds. The Morgan fingerprint density at radius 2 is 1.68 bits per heavy atom. The Morgan fingerprint density at radius 3 is 2.41 bits per heavy atom. The number of anilines is 2. The standard InChI is InChI=1S/C27H24N4O3/c1-15-13-20(17(3)29-22-12-8-7-11-19(22)26-30-31-27(28)34-26)25-21(14-15)23(32)16(2)24(33-25)18-9-5-4-6-10-18/h4-14,17,29H,1-3H3,(H2,28,31). The van der Waals surface area contributed by atoms with E-state index in [4.69, 9.17) is 14.6 Å². The van der Waals surface area contributed by atoms with Crippen LogP contribution in [0.1, 0.15) is 29.7 Å². The summed E-state index contributed by atoms with van der Waals surface area (Å²) in [7, 11) is 0. The van der Waals surface area contributed by atoms with Crippen LogP contribution in [-0.4, -0.2) is 10.2 Å². The largest absolute Gasteiger partial charge is 0.455 e. The van der Waals surface area contributed by atoms with Gasteiger partial charge in [-0.2, -0.15) is 0 Å². The molecular formula is C27H24N4O3. The molecule has 1 atom stereocenters. The third kappa shape index (κ3) is 3.81. The van der Waals surface area contributed by atoms with Crippen LogP contribution in [0, 0.1) is 13.8 Å². The molecule has 0 saturated heterocycles. The lowest BCUT2D eigenvalue weighted by molar-refractivity contribution is 0.590. The molecule has 0 bridgehead atoms. The van der Waals surface area contributed by atoms with Gasteiger partial charge < -0.3 is 19.9 Å². The quantitative estimate of drug-likeness (QED) is 0.343. The Bertz CT molecular complexity index is 1550. The van der Waals surface area contributed by atoms with Crippen molar-refractivity contribution < 1.29 is 8.83 Å². The summed E-state index contributed by atoms with van der Waals surface area (Å²) in [5.41, 5.74) is 11.0. The minimum Gasteiger partial charge on any atom is -0.455 e. The molecular weight excluding hydrogens is 428 g/mol. The highest BCUT2D eigenvalue weighted by atomic mass is 16.4. The first-order valence-corrected chi connectivity index (χ1v) is 11.0. The van der Waals surface area contributed by atoms with E-state index in [0.29, 0.717) is 28.2 Å². The minimum atomic E-state index is -0.196. The molecule has 7 nitrogen and oxygen atoms in total. The van der Waals surface area contributed by atoms with Crippen molar-refractivity contribution in [2.45, 2.75) is 26.8 Å². The number of aryl methyl sites for hydroxylation is 1. The molecule has 170 valence electrons. The Hall–Kier alpha value is -4.39. The average Bonchev–Trinajstić information content (AvgIpc) is 3.28. The van der Waals surface area contributed by atoms with E-state index in [1.807, 2.05) is 87.5 Å². The van der Waals surface area contributed by atoms with Gasteiger partial charge in [0, 0.05) is 22.4 Å². The van der Waals surface area contributed by atoms with E-state index < -0.39 is 0 Å². The lowest BCUT2D eigenvalue weighted by Gasteiger charge is -2.20. The van der Waals surface area contributed by atoms with Gasteiger partial charge in [-0.15, -0.1) is 5.10 Å². The van der Waals surface area contributed by atoms with Crippen LogP contribution in [0.2, 0.25) is 0 Å². The van der Waals surface area contributed by atoms with Crippen LogP contribution in [-0.2, 0) is 0 Å². The van der Waals surface area contributed by atoms with Gasteiger partial charge in [-0.25, -0.2) is 0 Å². The molecule has 0 fully saturated rings. The van der Waals surface area contributed by atoms with E-state index in [0.717, 1.165) is 27.9 Å². The van der Waals surface area contributed by atoms with E-state index in [-0.39, 0.29) is 17.5 Å². The van der Waals surface area contributed by atoms with Crippen LogP contribution in [0.5, 0.6) is 0 Å². The molecule has 3 aromatic carbocycles. The maximum atomic E-state index is 13.3. The summed E-state index contributed by atoms with van der Waals surface area (Å²) in [5, 5.41) is 11.9. The molecule has 0 aliphatic rings. The molecule has 0 radical (unpaired) electrons. The normalized spacial score (nSPS) is 12.1. The molecule has 7 heteroatoms. The number of benzene rings is 3. The molecule has 1 unspecified atom stereocenters. The molecule has 3 N–H and O–H groups in total. The third-order valence-electron chi connectivity index (χ3n) is 5.86. The highest BCUT2D eigenvalue weighted by Crippen LogP contribution is 2.34. The van der Waals surface area contributed by atoms with Crippen LogP contribution in [0.4, 0.5) is 11.7 Å². The number of para-hydroxylation sites is 1. The van der Waals surface area contributed by atoms with Gasteiger partial charge in [-0.05, 0) is 44.5 Å². The summed E-state index contributed by atoms with van der Waals surface area (Å²) in [4.78, 5) is 13.3. The number of hydrogen-bond acceptors (Lipinski definition) is 7. The zero-order valence-corrected chi connectivity index (χ0v) is 19.1. The zero-order valence-electron chi connectivity index (χ0n) is 19.1. The molecule has 34 heavy (non-hydrogen) atoms. The van der Waals surface area contributed by atoms with Crippen LogP contribution in [0.3, 0.4) is 0 Å². The fourth-order valence-electron chi connectivity index (χ4n) is 4.20. The van der Waals surface area contributed by atoms with Crippen molar-refractivity contribution in [2.24, 2.45) is 0 Å². The topological polar surface area (TPSA) is 107 Å². The number of nitrogens with zero attached hydrogens (tertiary/aromatic N) is 2. The van der Waals surface area contributed by atoms with Crippen LogP contribution >= 0.6 is 0 Å². The number of hydrogen-bond donors (Lipinski definition) is 2. The van der Waals surface area contributed by atoms with Crippen LogP contribution in [0.15, 0.2) is 80.4 Å². The van der Waals surface area contributed by atoms with E-state index in [9.17, 15) is 4.79 Å². The van der Waals surface area contributed by atoms with Crippen molar-refractivity contribution in [3.8, 4) is 22.8 Å². The van der Waals surface area contributed by atoms with Crippen LogP contribution < -0.4 is 16.5 Å². The highest BCUT2D eigenvalue weighted by Gasteiger charge is 2.20. The Morgan fingerprint density at radius 1 is 0.941 bits per heavy atom. The van der Waals surface area contributed by atoms with Gasteiger partial charge in [0.1, 0.15) is 11.3 Å². The van der Waals surface area contributed by atoms with E-state index in [1.165, 1.54) is 0 Å². The minimum absolute atomic E-state index is 0.00751. The van der Waals surface area contributed by atoms with Crippen molar-refractivity contribution in [1.29, 1.82) is 0 Å². The fraction of sp³-hybridized carbons (Fsp3) is 0.148. The SMILES string of the molecule is Cc1cc(C(C)Nc2ccccc2-c2nnc(N)o2)c2oc(-c3ccccc3)c(C)c(=O)c2c1. The molecule has 5 aromatic rings. The van der Waals surface area contributed by atoms with Crippen molar-refractivity contribution in [1.82, 2.24) is 10.2 Å². The summed E-state index contributed by atoms with van der Waals surface area (Å²) >= 11 is 0. The number of aromatic nitrogens is 2. The second-order valence-electron chi connectivity index (χ2n) is 8.34. The van der Waals surface area contributed by atoms with Crippen molar-refractivity contribution in [2.75, 3.05) is 11.1 Å². The van der Waals surface area contributed by atoms with Gasteiger partial charge in [0.2, 0.25) is 0 Å². The molecule has 0 aliphatic carbocycles. The van der Waals surface area contributed by atoms with E-state index >= 15 is 0 Å².